The van der Waals surface area contributed by atoms with E-state index in [1.54, 1.807) is 4.90 Å². The molecule has 0 aliphatic carbocycles. The predicted octanol–water partition coefficient (Wildman–Crippen LogP) is 2.43. The van der Waals surface area contributed by atoms with E-state index >= 15 is 0 Å². The number of aliphatic carboxylic acids is 1. The quantitative estimate of drug-likeness (QED) is 0.844. The summed E-state index contributed by atoms with van der Waals surface area (Å²) in [5.74, 6) is -0.284. The van der Waals surface area contributed by atoms with Crippen molar-refractivity contribution in [3.63, 3.8) is 0 Å². The molecular formula is C16H30N2O4. The van der Waals surface area contributed by atoms with Gasteiger partial charge in [0.15, 0.2) is 0 Å². The van der Waals surface area contributed by atoms with E-state index in [4.69, 9.17) is 9.84 Å². The molecule has 0 bridgehead atoms. The fraction of sp³-hybridized carbons (Fsp3) is 0.875. The first kappa shape index (κ1) is 18.7. The smallest absolute Gasteiger partial charge is 0.410 e. The first-order chi connectivity index (χ1) is 10.1. The number of amides is 1. The SMILES string of the molecule is CC(C)C[C@H]1CN(C(=O)OC(C)(C)C)CCN1CCC(=O)O. The highest BCUT2D eigenvalue weighted by atomic mass is 16.6. The molecule has 6 nitrogen and oxygen atoms in total. The lowest BCUT2D eigenvalue weighted by Gasteiger charge is -2.42. The van der Waals surface area contributed by atoms with Crippen LogP contribution in [0.15, 0.2) is 0 Å². The van der Waals surface area contributed by atoms with E-state index in [1.165, 1.54) is 0 Å². The lowest BCUT2D eigenvalue weighted by atomic mass is 10.00. The molecule has 0 unspecified atom stereocenters. The maximum absolute atomic E-state index is 12.2. The van der Waals surface area contributed by atoms with Gasteiger partial charge in [0.05, 0.1) is 6.42 Å². The second-order valence-corrected chi connectivity index (χ2v) is 7.39. The second kappa shape index (κ2) is 7.81. The predicted molar refractivity (Wildman–Crippen MR) is 84.9 cm³/mol. The van der Waals surface area contributed by atoms with Gasteiger partial charge in [-0.3, -0.25) is 9.69 Å². The summed E-state index contributed by atoms with van der Waals surface area (Å²) in [5, 5.41) is 8.87. The van der Waals surface area contributed by atoms with Gasteiger partial charge in [-0.15, -0.1) is 0 Å². The molecule has 1 atom stereocenters. The molecular weight excluding hydrogens is 284 g/mol. The van der Waals surface area contributed by atoms with Crippen molar-refractivity contribution in [2.24, 2.45) is 5.92 Å². The van der Waals surface area contributed by atoms with E-state index in [0.29, 0.717) is 32.1 Å². The van der Waals surface area contributed by atoms with E-state index in [9.17, 15) is 9.59 Å². The number of ether oxygens (including phenoxy) is 1. The molecule has 1 fully saturated rings. The number of carboxylic acid groups (broad SMARTS) is 1. The molecule has 22 heavy (non-hydrogen) atoms. The number of nitrogens with zero attached hydrogens (tertiary/aromatic N) is 2. The Hall–Kier alpha value is -1.30. The van der Waals surface area contributed by atoms with Crippen molar-refractivity contribution >= 4 is 12.1 Å². The van der Waals surface area contributed by atoms with Gasteiger partial charge in [-0.25, -0.2) is 4.79 Å². The first-order valence-electron chi connectivity index (χ1n) is 8.02. The van der Waals surface area contributed by atoms with Crippen molar-refractivity contribution in [1.29, 1.82) is 0 Å². The fourth-order valence-corrected chi connectivity index (χ4v) is 2.69. The molecule has 1 N–H and O–H groups in total. The average molecular weight is 314 g/mol. The van der Waals surface area contributed by atoms with Crippen LogP contribution >= 0.6 is 0 Å². The van der Waals surface area contributed by atoms with Crippen molar-refractivity contribution in [1.82, 2.24) is 9.80 Å². The third-order valence-corrected chi connectivity index (χ3v) is 3.61. The summed E-state index contributed by atoms with van der Waals surface area (Å²) in [6, 6.07) is 0.195. The van der Waals surface area contributed by atoms with Gasteiger partial charge in [0.2, 0.25) is 0 Å². The summed E-state index contributed by atoms with van der Waals surface area (Å²) >= 11 is 0. The average Bonchev–Trinajstić information content (AvgIpc) is 2.34. The molecule has 0 aromatic carbocycles. The van der Waals surface area contributed by atoms with Crippen molar-refractivity contribution in [3.8, 4) is 0 Å². The van der Waals surface area contributed by atoms with Gasteiger partial charge in [-0.2, -0.15) is 0 Å². The van der Waals surface area contributed by atoms with Gasteiger partial charge in [-0.1, -0.05) is 13.8 Å². The molecule has 0 radical (unpaired) electrons. The molecule has 128 valence electrons. The Morgan fingerprint density at radius 3 is 2.41 bits per heavy atom. The minimum atomic E-state index is -0.780. The number of hydrogen-bond donors (Lipinski definition) is 1. The summed E-state index contributed by atoms with van der Waals surface area (Å²) in [6.45, 7) is 12.3. The summed E-state index contributed by atoms with van der Waals surface area (Å²) in [5.41, 5.74) is -0.495. The summed E-state index contributed by atoms with van der Waals surface area (Å²) in [6.07, 6.45) is 0.805. The van der Waals surface area contributed by atoms with Crippen LogP contribution in [-0.2, 0) is 9.53 Å². The lowest BCUT2D eigenvalue weighted by Crippen LogP contribution is -2.56. The largest absolute Gasteiger partial charge is 0.481 e. The van der Waals surface area contributed by atoms with Crippen molar-refractivity contribution in [2.45, 2.75) is 59.1 Å². The monoisotopic (exact) mass is 314 g/mol. The maximum Gasteiger partial charge on any atom is 0.410 e. The van der Waals surface area contributed by atoms with Gasteiger partial charge < -0.3 is 14.7 Å². The Bertz CT molecular complexity index is 390. The van der Waals surface area contributed by atoms with Crippen LogP contribution in [0.1, 0.15) is 47.5 Å². The number of hydrogen-bond acceptors (Lipinski definition) is 4. The molecule has 1 saturated heterocycles. The molecule has 0 aromatic rings. The molecule has 1 aliphatic rings. The van der Waals surface area contributed by atoms with Crippen LogP contribution < -0.4 is 0 Å². The highest BCUT2D eigenvalue weighted by Gasteiger charge is 2.32. The van der Waals surface area contributed by atoms with Crippen LogP contribution in [0.4, 0.5) is 4.79 Å². The number of carbonyl (C=O) groups is 2. The van der Waals surface area contributed by atoms with E-state index in [-0.39, 0.29) is 18.6 Å². The Kier molecular flexibility index (Phi) is 6.66. The number of rotatable bonds is 5. The zero-order valence-corrected chi connectivity index (χ0v) is 14.5. The highest BCUT2D eigenvalue weighted by Crippen LogP contribution is 2.19. The molecule has 0 saturated carbocycles. The van der Waals surface area contributed by atoms with Crippen LogP contribution in [0.3, 0.4) is 0 Å². The molecule has 0 aromatic heterocycles. The van der Waals surface area contributed by atoms with Crippen molar-refractivity contribution in [2.75, 3.05) is 26.2 Å². The zero-order valence-electron chi connectivity index (χ0n) is 14.5. The van der Waals surface area contributed by atoms with Crippen LogP contribution in [0.25, 0.3) is 0 Å². The van der Waals surface area contributed by atoms with Crippen LogP contribution in [-0.4, -0.2) is 64.8 Å². The molecule has 1 rings (SSSR count). The Balaban J connectivity index is 2.66. The zero-order chi connectivity index (χ0) is 16.9. The number of carbonyl (C=O) groups excluding carboxylic acids is 1. The van der Waals surface area contributed by atoms with Gasteiger partial charge >= 0.3 is 12.1 Å². The lowest BCUT2D eigenvalue weighted by molar-refractivity contribution is -0.137. The van der Waals surface area contributed by atoms with Gasteiger partial charge in [-0.05, 0) is 33.1 Å². The van der Waals surface area contributed by atoms with Crippen LogP contribution in [0.2, 0.25) is 0 Å². The van der Waals surface area contributed by atoms with E-state index < -0.39 is 11.6 Å². The standard InChI is InChI=1S/C16H30N2O4/c1-12(2)10-13-11-18(15(21)22-16(3,4)5)9-8-17(13)7-6-14(19)20/h12-13H,6-11H2,1-5H3,(H,19,20)/t13-/m0/s1. The Morgan fingerprint density at radius 2 is 1.91 bits per heavy atom. The van der Waals surface area contributed by atoms with Crippen LogP contribution in [0.5, 0.6) is 0 Å². The molecule has 1 heterocycles. The van der Waals surface area contributed by atoms with Crippen molar-refractivity contribution in [3.05, 3.63) is 0 Å². The minimum Gasteiger partial charge on any atom is -0.481 e. The van der Waals surface area contributed by atoms with E-state index in [0.717, 1.165) is 6.42 Å². The van der Waals surface area contributed by atoms with E-state index in [1.807, 2.05) is 20.8 Å². The number of carboxylic acids is 1. The van der Waals surface area contributed by atoms with E-state index in [2.05, 4.69) is 18.7 Å². The van der Waals surface area contributed by atoms with Gasteiger partial charge in [0, 0.05) is 32.2 Å². The summed E-state index contributed by atoms with van der Waals surface area (Å²) in [7, 11) is 0. The summed E-state index contributed by atoms with van der Waals surface area (Å²) < 4.78 is 5.44. The van der Waals surface area contributed by atoms with Crippen LogP contribution in [0, 0.1) is 5.92 Å². The molecule has 6 heteroatoms. The maximum atomic E-state index is 12.2. The molecule has 1 amide bonds. The van der Waals surface area contributed by atoms with Crippen molar-refractivity contribution < 1.29 is 19.4 Å². The Labute approximate surface area is 133 Å². The Morgan fingerprint density at radius 1 is 1.27 bits per heavy atom. The molecule has 1 aliphatic heterocycles. The third-order valence-electron chi connectivity index (χ3n) is 3.61. The highest BCUT2D eigenvalue weighted by molar-refractivity contribution is 5.68. The van der Waals surface area contributed by atoms with Gasteiger partial charge in [0.25, 0.3) is 0 Å². The second-order valence-electron chi connectivity index (χ2n) is 7.39. The van der Waals surface area contributed by atoms with Gasteiger partial charge in [0.1, 0.15) is 5.60 Å². The first-order valence-corrected chi connectivity index (χ1v) is 8.02. The fourth-order valence-electron chi connectivity index (χ4n) is 2.69. The third kappa shape index (κ3) is 6.64. The number of piperazine rings is 1. The normalized spacial score (nSPS) is 20.3. The summed E-state index contributed by atoms with van der Waals surface area (Å²) in [4.78, 5) is 26.9. The molecule has 0 spiro atoms. The minimum absolute atomic E-state index is 0.140. The topological polar surface area (TPSA) is 70.1 Å².